The van der Waals surface area contributed by atoms with Crippen molar-refractivity contribution in [3.8, 4) is 0 Å². The molecule has 0 aliphatic carbocycles. The monoisotopic (exact) mass is 296 g/mol. The molecule has 0 aromatic rings. The lowest BCUT2D eigenvalue weighted by atomic mass is 10.2. The van der Waals surface area contributed by atoms with E-state index < -0.39 is 5.92 Å². The van der Waals surface area contributed by atoms with Crippen molar-refractivity contribution in [1.82, 2.24) is 0 Å². The predicted molar refractivity (Wildman–Crippen MR) is 76.9 cm³/mol. The van der Waals surface area contributed by atoms with Gasteiger partial charge in [-0.15, -0.1) is 11.8 Å². The van der Waals surface area contributed by atoms with Crippen LogP contribution in [0, 0.1) is 0 Å². The molecule has 1 atom stereocenters. The summed E-state index contributed by atoms with van der Waals surface area (Å²) in [6.45, 7) is 6.63. The molecular formula is C14H26F2O2S. The second-order valence-corrected chi connectivity index (χ2v) is 6.47. The Morgan fingerprint density at radius 1 is 1.32 bits per heavy atom. The van der Waals surface area contributed by atoms with Crippen LogP contribution in [0.1, 0.15) is 59.8 Å². The van der Waals surface area contributed by atoms with Gasteiger partial charge in [-0.1, -0.05) is 19.8 Å². The molecule has 0 bridgehead atoms. The number of esters is 1. The SMILES string of the molecule is CCCCC(SCCCC(C)(F)F)C(=O)OC(C)C. The number of ether oxygens (including phenoxy) is 1. The lowest BCUT2D eigenvalue weighted by Crippen LogP contribution is -2.24. The Morgan fingerprint density at radius 2 is 1.95 bits per heavy atom. The van der Waals surface area contributed by atoms with Crippen LogP contribution >= 0.6 is 11.8 Å². The zero-order valence-electron chi connectivity index (χ0n) is 12.4. The minimum Gasteiger partial charge on any atom is -0.462 e. The van der Waals surface area contributed by atoms with E-state index in [-0.39, 0.29) is 23.7 Å². The molecular weight excluding hydrogens is 270 g/mol. The molecule has 0 fully saturated rings. The quantitative estimate of drug-likeness (QED) is 0.433. The number of carbonyl (C=O) groups is 1. The average molecular weight is 296 g/mol. The largest absolute Gasteiger partial charge is 0.462 e. The van der Waals surface area contributed by atoms with Gasteiger partial charge in [0, 0.05) is 6.42 Å². The zero-order valence-corrected chi connectivity index (χ0v) is 13.2. The van der Waals surface area contributed by atoms with E-state index in [4.69, 9.17) is 4.74 Å². The minimum atomic E-state index is -2.61. The number of rotatable bonds is 10. The molecule has 114 valence electrons. The number of alkyl halides is 2. The van der Waals surface area contributed by atoms with E-state index in [9.17, 15) is 13.6 Å². The smallest absolute Gasteiger partial charge is 0.319 e. The van der Waals surface area contributed by atoms with Gasteiger partial charge >= 0.3 is 5.97 Å². The molecule has 0 heterocycles. The van der Waals surface area contributed by atoms with E-state index in [0.29, 0.717) is 12.2 Å². The molecule has 0 spiro atoms. The van der Waals surface area contributed by atoms with E-state index in [1.54, 1.807) is 0 Å². The van der Waals surface area contributed by atoms with Crippen molar-refractivity contribution in [3.05, 3.63) is 0 Å². The van der Waals surface area contributed by atoms with Crippen LogP contribution in [0.15, 0.2) is 0 Å². The molecule has 0 radical (unpaired) electrons. The second kappa shape index (κ2) is 9.56. The van der Waals surface area contributed by atoms with Crippen molar-refractivity contribution in [2.75, 3.05) is 5.75 Å². The molecule has 0 saturated heterocycles. The van der Waals surface area contributed by atoms with Crippen LogP contribution in [0.4, 0.5) is 8.78 Å². The normalized spacial score (nSPS) is 13.6. The third-order valence-corrected chi connectivity index (χ3v) is 3.87. The lowest BCUT2D eigenvalue weighted by Gasteiger charge is -2.17. The Bertz CT molecular complexity index is 252. The first-order chi connectivity index (χ1) is 8.76. The lowest BCUT2D eigenvalue weighted by molar-refractivity contribution is -0.146. The summed E-state index contributed by atoms with van der Waals surface area (Å²) in [4.78, 5) is 11.9. The summed E-state index contributed by atoms with van der Waals surface area (Å²) in [5.74, 6) is -2.25. The number of hydrogen-bond donors (Lipinski definition) is 0. The third kappa shape index (κ3) is 11.2. The molecule has 5 heteroatoms. The highest BCUT2D eigenvalue weighted by atomic mass is 32.2. The molecule has 2 nitrogen and oxygen atoms in total. The molecule has 0 aliphatic heterocycles. The van der Waals surface area contributed by atoms with Crippen molar-refractivity contribution < 1.29 is 18.3 Å². The molecule has 0 aromatic heterocycles. The Labute approximate surface area is 119 Å². The summed E-state index contributed by atoms with van der Waals surface area (Å²) in [5.41, 5.74) is 0. The number of halogens is 2. The molecule has 0 amide bonds. The van der Waals surface area contributed by atoms with Crippen molar-refractivity contribution >= 4 is 17.7 Å². The van der Waals surface area contributed by atoms with Gasteiger partial charge in [-0.3, -0.25) is 4.79 Å². The third-order valence-electron chi connectivity index (χ3n) is 2.51. The predicted octanol–water partition coefficient (Wildman–Crippen LogP) is 4.67. The molecule has 0 saturated carbocycles. The summed E-state index contributed by atoms with van der Waals surface area (Å²) >= 11 is 1.44. The highest BCUT2D eigenvalue weighted by Gasteiger charge is 2.23. The van der Waals surface area contributed by atoms with E-state index in [0.717, 1.165) is 26.2 Å². The first-order valence-corrected chi connectivity index (χ1v) is 8.01. The van der Waals surface area contributed by atoms with Crippen LogP contribution in [0.3, 0.4) is 0 Å². The summed E-state index contributed by atoms with van der Waals surface area (Å²) < 4.78 is 30.6. The summed E-state index contributed by atoms with van der Waals surface area (Å²) in [5, 5.41) is -0.215. The first-order valence-electron chi connectivity index (χ1n) is 6.96. The van der Waals surface area contributed by atoms with Gasteiger partial charge in [0.15, 0.2) is 0 Å². The minimum absolute atomic E-state index is 0.125. The van der Waals surface area contributed by atoms with Gasteiger partial charge in [0.1, 0.15) is 5.25 Å². The van der Waals surface area contributed by atoms with Gasteiger partial charge in [0.25, 0.3) is 0 Å². The number of thioether (sulfide) groups is 1. The molecule has 0 aromatic carbocycles. The van der Waals surface area contributed by atoms with Crippen molar-refractivity contribution in [3.63, 3.8) is 0 Å². The summed E-state index contributed by atoms with van der Waals surface area (Å²) in [6, 6.07) is 0. The molecule has 1 unspecified atom stereocenters. The maximum Gasteiger partial charge on any atom is 0.319 e. The fourth-order valence-electron chi connectivity index (χ4n) is 1.58. The summed E-state index contributed by atoms with van der Waals surface area (Å²) in [7, 11) is 0. The first kappa shape index (κ1) is 18.7. The average Bonchev–Trinajstić information content (AvgIpc) is 2.25. The van der Waals surface area contributed by atoms with E-state index in [1.165, 1.54) is 11.8 Å². The second-order valence-electron chi connectivity index (χ2n) is 5.16. The van der Waals surface area contributed by atoms with Crippen molar-refractivity contribution in [2.45, 2.75) is 77.1 Å². The highest BCUT2D eigenvalue weighted by molar-refractivity contribution is 8.00. The van der Waals surface area contributed by atoms with Gasteiger partial charge < -0.3 is 4.74 Å². The maximum atomic E-state index is 12.7. The standard InChI is InChI=1S/C14H26F2O2S/c1-5-6-8-12(13(17)18-11(2)3)19-10-7-9-14(4,15)16/h11-12H,5-10H2,1-4H3. The summed E-state index contributed by atoms with van der Waals surface area (Å²) in [6.07, 6.45) is 2.89. The topological polar surface area (TPSA) is 26.3 Å². The van der Waals surface area contributed by atoms with Gasteiger partial charge in [-0.05, 0) is 39.4 Å². The highest BCUT2D eigenvalue weighted by Crippen LogP contribution is 2.24. The Balaban J connectivity index is 4.09. The van der Waals surface area contributed by atoms with Gasteiger partial charge in [-0.2, -0.15) is 0 Å². The van der Waals surface area contributed by atoms with Crippen LogP contribution < -0.4 is 0 Å². The fraction of sp³-hybridized carbons (Fsp3) is 0.929. The molecule has 19 heavy (non-hydrogen) atoms. The van der Waals surface area contributed by atoms with Crippen LogP contribution in [0.2, 0.25) is 0 Å². The molecule has 0 aliphatic rings. The Morgan fingerprint density at radius 3 is 2.42 bits per heavy atom. The maximum absolute atomic E-state index is 12.7. The van der Waals surface area contributed by atoms with Crippen LogP contribution in [0.5, 0.6) is 0 Å². The van der Waals surface area contributed by atoms with Gasteiger partial charge in [0.2, 0.25) is 5.92 Å². The Kier molecular flexibility index (Phi) is 9.40. The van der Waals surface area contributed by atoms with Crippen molar-refractivity contribution in [2.24, 2.45) is 0 Å². The van der Waals surface area contributed by atoms with Crippen LogP contribution in [0.25, 0.3) is 0 Å². The van der Waals surface area contributed by atoms with E-state index in [2.05, 4.69) is 6.92 Å². The van der Waals surface area contributed by atoms with E-state index in [1.807, 2.05) is 13.8 Å². The van der Waals surface area contributed by atoms with Crippen LogP contribution in [-0.2, 0) is 9.53 Å². The Hall–Kier alpha value is -0.320. The molecule has 0 rings (SSSR count). The van der Waals surface area contributed by atoms with Crippen molar-refractivity contribution in [1.29, 1.82) is 0 Å². The fourth-order valence-corrected chi connectivity index (χ4v) is 2.70. The number of hydrogen-bond acceptors (Lipinski definition) is 3. The van der Waals surface area contributed by atoms with E-state index >= 15 is 0 Å². The van der Waals surface area contributed by atoms with Crippen LogP contribution in [-0.4, -0.2) is 29.0 Å². The van der Waals surface area contributed by atoms with Gasteiger partial charge in [0.05, 0.1) is 6.10 Å². The zero-order chi connectivity index (χ0) is 14.9. The molecule has 0 N–H and O–H groups in total. The number of unbranched alkanes of at least 4 members (excludes halogenated alkanes) is 1. The number of carbonyl (C=O) groups excluding carboxylic acids is 1. The van der Waals surface area contributed by atoms with Gasteiger partial charge in [-0.25, -0.2) is 8.78 Å².